The van der Waals surface area contributed by atoms with Gasteiger partial charge in [0.25, 0.3) is 0 Å². The monoisotopic (exact) mass is 349 g/mol. The number of halogens is 1. The van der Waals surface area contributed by atoms with E-state index < -0.39 is 6.10 Å². The van der Waals surface area contributed by atoms with Crippen molar-refractivity contribution in [1.82, 2.24) is 15.0 Å². The van der Waals surface area contributed by atoms with Crippen LogP contribution in [-0.4, -0.2) is 52.5 Å². The summed E-state index contributed by atoms with van der Waals surface area (Å²) in [5, 5.41) is 14.0. The molecule has 3 rings (SSSR count). The number of benzene rings is 1. The van der Waals surface area contributed by atoms with E-state index in [2.05, 4.69) is 15.0 Å². The van der Waals surface area contributed by atoms with E-state index in [-0.39, 0.29) is 24.9 Å². The van der Waals surface area contributed by atoms with Gasteiger partial charge in [-0.2, -0.15) is 4.98 Å². The van der Waals surface area contributed by atoms with Gasteiger partial charge in [-0.1, -0.05) is 23.4 Å². The number of aryl methyl sites for hydroxylation is 1. The first-order valence-electron chi connectivity index (χ1n) is 8.63. The van der Waals surface area contributed by atoms with Crippen molar-refractivity contribution < 1.29 is 18.8 Å². The highest BCUT2D eigenvalue weighted by molar-refractivity contribution is 5.16. The fourth-order valence-corrected chi connectivity index (χ4v) is 3.17. The molecule has 2 unspecified atom stereocenters. The number of ether oxygens (including phenoxy) is 1. The molecule has 6 nitrogen and oxygen atoms in total. The fraction of sp³-hybridized carbons (Fsp3) is 0.556. The average molecular weight is 349 g/mol. The molecule has 1 aromatic carbocycles. The lowest BCUT2D eigenvalue weighted by Gasteiger charge is -2.32. The molecule has 2 heterocycles. The van der Waals surface area contributed by atoms with Crippen molar-refractivity contribution in [3.63, 3.8) is 0 Å². The first-order chi connectivity index (χ1) is 12.1. The molecule has 0 radical (unpaired) electrons. The normalized spacial score (nSPS) is 19.9. The minimum Gasteiger partial charge on any atom is -0.389 e. The van der Waals surface area contributed by atoms with Crippen LogP contribution in [0.3, 0.4) is 0 Å². The van der Waals surface area contributed by atoms with E-state index in [1.54, 1.807) is 18.2 Å². The van der Waals surface area contributed by atoms with Crippen molar-refractivity contribution in [1.29, 1.82) is 0 Å². The zero-order valence-corrected chi connectivity index (χ0v) is 14.4. The second kappa shape index (κ2) is 8.51. The summed E-state index contributed by atoms with van der Waals surface area (Å²) in [6, 6.07) is 6.50. The van der Waals surface area contributed by atoms with Crippen LogP contribution in [0, 0.1) is 12.7 Å². The van der Waals surface area contributed by atoms with Gasteiger partial charge in [0.1, 0.15) is 5.82 Å². The molecule has 1 fully saturated rings. The van der Waals surface area contributed by atoms with E-state index in [0.717, 1.165) is 25.9 Å². The van der Waals surface area contributed by atoms with Crippen LogP contribution in [0.2, 0.25) is 0 Å². The highest BCUT2D eigenvalue weighted by Gasteiger charge is 2.26. The van der Waals surface area contributed by atoms with Gasteiger partial charge in [-0.05, 0) is 32.4 Å². The largest absolute Gasteiger partial charge is 0.389 e. The van der Waals surface area contributed by atoms with Crippen molar-refractivity contribution in [2.24, 2.45) is 0 Å². The van der Waals surface area contributed by atoms with E-state index in [1.165, 1.54) is 6.07 Å². The van der Waals surface area contributed by atoms with Crippen molar-refractivity contribution in [3.8, 4) is 0 Å². The third-order valence-corrected chi connectivity index (χ3v) is 4.39. The predicted molar refractivity (Wildman–Crippen MR) is 89.5 cm³/mol. The molecule has 0 spiro atoms. The number of aliphatic hydroxyl groups is 1. The van der Waals surface area contributed by atoms with Crippen LogP contribution in [0.1, 0.15) is 36.0 Å². The van der Waals surface area contributed by atoms with Crippen molar-refractivity contribution in [2.75, 3.05) is 26.2 Å². The summed E-state index contributed by atoms with van der Waals surface area (Å²) in [4.78, 5) is 6.50. The summed E-state index contributed by atoms with van der Waals surface area (Å²) in [5.41, 5.74) is 0.500. The molecule has 7 heteroatoms. The maximum atomic E-state index is 13.5. The maximum absolute atomic E-state index is 13.5. The molecule has 1 aromatic heterocycles. The van der Waals surface area contributed by atoms with Gasteiger partial charge in [0, 0.05) is 18.7 Å². The van der Waals surface area contributed by atoms with Crippen LogP contribution < -0.4 is 0 Å². The molecular formula is C18H24FN3O3. The lowest BCUT2D eigenvalue weighted by molar-refractivity contribution is 0.00422. The van der Waals surface area contributed by atoms with E-state index in [9.17, 15) is 9.50 Å². The van der Waals surface area contributed by atoms with E-state index in [4.69, 9.17) is 9.26 Å². The number of rotatable bonds is 7. The van der Waals surface area contributed by atoms with Crippen molar-refractivity contribution >= 4 is 0 Å². The lowest BCUT2D eigenvalue weighted by Crippen LogP contribution is -2.40. The van der Waals surface area contributed by atoms with Crippen molar-refractivity contribution in [2.45, 2.75) is 38.4 Å². The second-order valence-corrected chi connectivity index (χ2v) is 6.54. The third kappa shape index (κ3) is 5.07. The highest BCUT2D eigenvalue weighted by atomic mass is 19.1. The number of aromatic nitrogens is 2. The van der Waals surface area contributed by atoms with E-state index in [1.807, 2.05) is 6.92 Å². The predicted octanol–water partition coefficient (Wildman–Crippen LogP) is 2.27. The molecular weight excluding hydrogens is 325 g/mol. The Labute approximate surface area is 146 Å². The van der Waals surface area contributed by atoms with Gasteiger partial charge < -0.3 is 14.4 Å². The Morgan fingerprint density at radius 2 is 2.28 bits per heavy atom. The Kier molecular flexibility index (Phi) is 6.12. The van der Waals surface area contributed by atoms with Gasteiger partial charge in [0.2, 0.25) is 5.89 Å². The van der Waals surface area contributed by atoms with Gasteiger partial charge >= 0.3 is 0 Å². The standard InChI is InChI=1S/C18H24FN3O3/c1-13-20-18(25-21-13)14-6-4-8-22(9-14)10-16(23)12-24-11-15-5-2-3-7-17(15)19/h2-3,5,7,14,16,23H,4,6,8-12H2,1H3. The van der Waals surface area contributed by atoms with Gasteiger partial charge in [-0.3, -0.25) is 4.90 Å². The molecule has 136 valence electrons. The lowest BCUT2D eigenvalue weighted by atomic mass is 9.98. The first-order valence-corrected chi connectivity index (χ1v) is 8.63. The van der Waals surface area contributed by atoms with Crippen LogP contribution in [0.15, 0.2) is 28.8 Å². The summed E-state index contributed by atoms with van der Waals surface area (Å²) >= 11 is 0. The number of piperidine rings is 1. The Morgan fingerprint density at radius 1 is 1.44 bits per heavy atom. The van der Waals surface area contributed by atoms with Crippen LogP contribution in [0.4, 0.5) is 4.39 Å². The molecule has 25 heavy (non-hydrogen) atoms. The minimum absolute atomic E-state index is 0.160. The molecule has 2 aromatic rings. The summed E-state index contributed by atoms with van der Waals surface area (Å²) in [7, 11) is 0. The molecule has 1 N–H and O–H groups in total. The third-order valence-electron chi connectivity index (χ3n) is 4.39. The minimum atomic E-state index is -0.616. The number of likely N-dealkylation sites (tertiary alicyclic amines) is 1. The molecule has 0 amide bonds. The molecule has 0 bridgehead atoms. The van der Waals surface area contributed by atoms with Gasteiger partial charge in [0.15, 0.2) is 5.82 Å². The molecule has 1 aliphatic rings. The number of nitrogens with zero attached hydrogens (tertiary/aromatic N) is 3. The second-order valence-electron chi connectivity index (χ2n) is 6.54. The molecule has 2 atom stereocenters. The van der Waals surface area contributed by atoms with Crippen LogP contribution in [-0.2, 0) is 11.3 Å². The molecule has 1 saturated heterocycles. The van der Waals surface area contributed by atoms with Gasteiger partial charge in [0.05, 0.1) is 25.2 Å². The zero-order chi connectivity index (χ0) is 17.6. The maximum Gasteiger partial charge on any atom is 0.231 e. The number of hydrogen-bond donors (Lipinski definition) is 1. The van der Waals surface area contributed by atoms with E-state index in [0.29, 0.717) is 23.8 Å². The SMILES string of the molecule is Cc1noc(C2CCCN(CC(O)COCc3ccccc3F)C2)n1. The van der Waals surface area contributed by atoms with Crippen LogP contribution in [0.5, 0.6) is 0 Å². The van der Waals surface area contributed by atoms with E-state index >= 15 is 0 Å². The van der Waals surface area contributed by atoms with Gasteiger partial charge in [-0.15, -0.1) is 0 Å². The number of hydrogen-bond acceptors (Lipinski definition) is 6. The Hall–Kier alpha value is -1.83. The molecule has 1 aliphatic heterocycles. The Balaban J connectivity index is 1.43. The topological polar surface area (TPSA) is 71.6 Å². The van der Waals surface area contributed by atoms with Crippen LogP contribution >= 0.6 is 0 Å². The number of β-amino-alcohol motifs (C(OH)–C–C–N with tert-alkyl or cyclic N) is 1. The smallest absolute Gasteiger partial charge is 0.231 e. The fourth-order valence-electron chi connectivity index (χ4n) is 3.17. The summed E-state index contributed by atoms with van der Waals surface area (Å²) in [5.74, 6) is 1.24. The quantitative estimate of drug-likeness (QED) is 0.827. The van der Waals surface area contributed by atoms with Crippen LogP contribution in [0.25, 0.3) is 0 Å². The van der Waals surface area contributed by atoms with Gasteiger partial charge in [-0.25, -0.2) is 4.39 Å². The molecule has 0 aliphatic carbocycles. The summed E-state index contributed by atoms with van der Waals surface area (Å²) < 4.78 is 24.3. The Morgan fingerprint density at radius 3 is 3.04 bits per heavy atom. The summed E-state index contributed by atoms with van der Waals surface area (Å²) in [6.45, 7) is 4.37. The Bertz CT molecular complexity index is 679. The first kappa shape index (κ1) is 18.0. The van der Waals surface area contributed by atoms with Crippen molar-refractivity contribution in [3.05, 3.63) is 47.4 Å². The summed E-state index contributed by atoms with van der Waals surface area (Å²) in [6.07, 6.45) is 1.42. The highest BCUT2D eigenvalue weighted by Crippen LogP contribution is 2.25. The average Bonchev–Trinajstić information content (AvgIpc) is 3.03. The number of aliphatic hydroxyl groups excluding tert-OH is 1. The zero-order valence-electron chi connectivity index (χ0n) is 14.4. The molecule has 0 saturated carbocycles.